The number of hydrogen-bond acceptors (Lipinski definition) is 1. The third kappa shape index (κ3) is 2.94. The van der Waals surface area contributed by atoms with Crippen LogP contribution in [-0.4, -0.2) is 7.11 Å². The molecule has 1 nitrogen and oxygen atoms in total. The third-order valence-electron chi connectivity index (χ3n) is 3.07. The maximum atomic E-state index is 5.49. The molecule has 2 heteroatoms. The van der Waals surface area contributed by atoms with E-state index in [1.807, 2.05) is 6.07 Å². The van der Waals surface area contributed by atoms with Gasteiger partial charge in [0, 0.05) is 10.9 Å². The van der Waals surface area contributed by atoms with E-state index in [1.165, 1.54) is 16.7 Å². The summed E-state index contributed by atoms with van der Waals surface area (Å²) in [6.07, 6.45) is 1.90. The Labute approximate surface area is 117 Å². The third-order valence-corrected chi connectivity index (χ3v) is 3.81. The van der Waals surface area contributed by atoms with Crippen molar-refractivity contribution in [3.05, 3.63) is 63.6 Å². The molecule has 2 aromatic rings. The van der Waals surface area contributed by atoms with Gasteiger partial charge in [0.1, 0.15) is 5.75 Å². The first-order valence-corrected chi connectivity index (χ1v) is 6.93. The zero-order valence-electron chi connectivity index (χ0n) is 10.7. The van der Waals surface area contributed by atoms with Crippen LogP contribution in [0.1, 0.15) is 23.6 Å². The second kappa shape index (κ2) is 6.05. The quantitative estimate of drug-likeness (QED) is 0.801. The zero-order valence-corrected chi connectivity index (χ0v) is 12.3. The summed E-state index contributed by atoms with van der Waals surface area (Å²) in [4.78, 5) is 0. The normalized spacial score (nSPS) is 10.4. The molecule has 0 saturated heterocycles. The minimum atomic E-state index is 0.895. The van der Waals surface area contributed by atoms with Crippen LogP contribution in [-0.2, 0) is 12.8 Å². The van der Waals surface area contributed by atoms with Gasteiger partial charge in [-0.25, -0.2) is 0 Å². The first-order valence-electron chi connectivity index (χ1n) is 6.13. The van der Waals surface area contributed by atoms with Gasteiger partial charge in [-0.15, -0.1) is 0 Å². The van der Waals surface area contributed by atoms with Gasteiger partial charge in [0.2, 0.25) is 0 Å². The molecule has 0 aliphatic rings. The predicted molar refractivity (Wildman–Crippen MR) is 79.3 cm³/mol. The largest absolute Gasteiger partial charge is 0.496 e. The highest BCUT2D eigenvalue weighted by Gasteiger charge is 2.08. The van der Waals surface area contributed by atoms with E-state index in [2.05, 4.69) is 59.3 Å². The van der Waals surface area contributed by atoms with Crippen molar-refractivity contribution in [1.29, 1.82) is 0 Å². The SMILES string of the molecule is CCc1cc(OC)c(Cc2ccccc2)cc1Br. The molecule has 0 radical (unpaired) electrons. The van der Waals surface area contributed by atoms with Gasteiger partial charge in [0.15, 0.2) is 0 Å². The lowest BCUT2D eigenvalue weighted by molar-refractivity contribution is 0.410. The van der Waals surface area contributed by atoms with Crippen molar-refractivity contribution in [2.75, 3.05) is 7.11 Å². The Balaban J connectivity index is 2.35. The maximum absolute atomic E-state index is 5.49. The van der Waals surface area contributed by atoms with Gasteiger partial charge in [-0.05, 0) is 35.2 Å². The number of hydrogen-bond donors (Lipinski definition) is 0. The van der Waals surface area contributed by atoms with E-state index in [9.17, 15) is 0 Å². The number of halogens is 1. The Hall–Kier alpha value is -1.28. The van der Waals surface area contributed by atoms with Gasteiger partial charge in [-0.2, -0.15) is 0 Å². The minimum Gasteiger partial charge on any atom is -0.496 e. The average molecular weight is 305 g/mol. The number of methoxy groups -OCH3 is 1. The summed E-state index contributed by atoms with van der Waals surface area (Å²) in [7, 11) is 1.73. The summed E-state index contributed by atoms with van der Waals surface area (Å²) in [6, 6.07) is 14.8. The Morgan fingerprint density at radius 2 is 1.78 bits per heavy atom. The van der Waals surface area contributed by atoms with Crippen LogP contribution in [0.5, 0.6) is 5.75 Å². The van der Waals surface area contributed by atoms with Crippen molar-refractivity contribution < 1.29 is 4.74 Å². The van der Waals surface area contributed by atoms with Crippen LogP contribution in [0, 0.1) is 0 Å². The summed E-state index contributed by atoms with van der Waals surface area (Å²) in [5.41, 5.74) is 3.79. The molecule has 0 aromatic heterocycles. The molecule has 18 heavy (non-hydrogen) atoms. The summed E-state index contributed by atoms with van der Waals surface area (Å²) in [5.74, 6) is 0.971. The summed E-state index contributed by atoms with van der Waals surface area (Å²) < 4.78 is 6.66. The second-order valence-electron chi connectivity index (χ2n) is 4.27. The first-order chi connectivity index (χ1) is 8.74. The van der Waals surface area contributed by atoms with Crippen LogP contribution < -0.4 is 4.74 Å². The summed E-state index contributed by atoms with van der Waals surface area (Å²) in [5, 5.41) is 0. The van der Waals surface area contributed by atoms with Gasteiger partial charge in [0.25, 0.3) is 0 Å². The number of benzene rings is 2. The van der Waals surface area contributed by atoms with Gasteiger partial charge < -0.3 is 4.74 Å². The van der Waals surface area contributed by atoms with Gasteiger partial charge >= 0.3 is 0 Å². The number of ether oxygens (including phenoxy) is 1. The van der Waals surface area contributed by atoms with Crippen molar-refractivity contribution in [3.63, 3.8) is 0 Å². The molecular weight excluding hydrogens is 288 g/mol. The molecule has 0 spiro atoms. The molecule has 2 rings (SSSR count). The molecule has 2 aromatic carbocycles. The fourth-order valence-corrected chi connectivity index (χ4v) is 2.72. The average Bonchev–Trinajstić information content (AvgIpc) is 2.40. The Morgan fingerprint density at radius 3 is 2.39 bits per heavy atom. The summed E-state index contributed by atoms with van der Waals surface area (Å²) >= 11 is 3.63. The van der Waals surface area contributed by atoms with E-state index >= 15 is 0 Å². The highest BCUT2D eigenvalue weighted by Crippen LogP contribution is 2.29. The van der Waals surface area contributed by atoms with Gasteiger partial charge in [-0.3, -0.25) is 0 Å². The molecule has 0 amide bonds. The topological polar surface area (TPSA) is 9.23 Å². The lowest BCUT2D eigenvalue weighted by atomic mass is 10.0. The van der Waals surface area contributed by atoms with E-state index in [0.717, 1.165) is 23.1 Å². The second-order valence-corrected chi connectivity index (χ2v) is 5.13. The lowest BCUT2D eigenvalue weighted by Crippen LogP contribution is -1.96. The maximum Gasteiger partial charge on any atom is 0.122 e. The van der Waals surface area contributed by atoms with Crippen molar-refractivity contribution in [1.82, 2.24) is 0 Å². The Bertz CT molecular complexity index is 520. The van der Waals surface area contributed by atoms with E-state index in [-0.39, 0.29) is 0 Å². The van der Waals surface area contributed by atoms with Crippen molar-refractivity contribution in [3.8, 4) is 5.75 Å². The molecule has 0 aliphatic carbocycles. The number of rotatable bonds is 4. The molecule has 0 N–H and O–H groups in total. The zero-order chi connectivity index (χ0) is 13.0. The van der Waals surface area contributed by atoms with E-state index < -0.39 is 0 Å². The van der Waals surface area contributed by atoms with Crippen LogP contribution in [0.2, 0.25) is 0 Å². The van der Waals surface area contributed by atoms with Crippen LogP contribution in [0.25, 0.3) is 0 Å². The number of aryl methyl sites for hydroxylation is 1. The molecule has 0 atom stereocenters. The molecule has 0 unspecified atom stereocenters. The summed E-state index contributed by atoms with van der Waals surface area (Å²) in [6.45, 7) is 2.15. The fraction of sp³-hybridized carbons (Fsp3) is 0.250. The molecule has 0 bridgehead atoms. The first kappa shape index (κ1) is 13.2. The van der Waals surface area contributed by atoms with Crippen LogP contribution in [0.3, 0.4) is 0 Å². The van der Waals surface area contributed by atoms with Crippen LogP contribution >= 0.6 is 15.9 Å². The standard InChI is InChI=1S/C16H17BrO/c1-3-13-11-16(18-2)14(10-15(13)17)9-12-7-5-4-6-8-12/h4-8,10-11H,3,9H2,1-2H3. The highest BCUT2D eigenvalue weighted by molar-refractivity contribution is 9.10. The highest BCUT2D eigenvalue weighted by atomic mass is 79.9. The van der Waals surface area contributed by atoms with Crippen molar-refractivity contribution in [2.24, 2.45) is 0 Å². The molecule has 0 heterocycles. The lowest BCUT2D eigenvalue weighted by Gasteiger charge is -2.12. The van der Waals surface area contributed by atoms with Gasteiger partial charge in [-0.1, -0.05) is 53.2 Å². The van der Waals surface area contributed by atoms with Crippen molar-refractivity contribution in [2.45, 2.75) is 19.8 Å². The fourth-order valence-electron chi connectivity index (χ4n) is 2.05. The minimum absolute atomic E-state index is 0.895. The molecular formula is C16H17BrO. The van der Waals surface area contributed by atoms with E-state index in [4.69, 9.17) is 4.74 Å². The predicted octanol–water partition coefficient (Wildman–Crippen LogP) is 4.61. The smallest absolute Gasteiger partial charge is 0.122 e. The van der Waals surface area contributed by atoms with Crippen LogP contribution in [0.15, 0.2) is 46.9 Å². The molecule has 94 valence electrons. The molecule has 0 saturated carbocycles. The Kier molecular flexibility index (Phi) is 4.43. The van der Waals surface area contributed by atoms with E-state index in [1.54, 1.807) is 7.11 Å². The molecule has 0 aliphatic heterocycles. The van der Waals surface area contributed by atoms with E-state index in [0.29, 0.717) is 0 Å². The van der Waals surface area contributed by atoms with Crippen molar-refractivity contribution >= 4 is 15.9 Å². The Morgan fingerprint density at radius 1 is 1.06 bits per heavy atom. The van der Waals surface area contributed by atoms with Gasteiger partial charge in [0.05, 0.1) is 7.11 Å². The molecule has 0 fully saturated rings. The monoisotopic (exact) mass is 304 g/mol. The van der Waals surface area contributed by atoms with Crippen LogP contribution in [0.4, 0.5) is 0 Å².